The van der Waals surface area contributed by atoms with E-state index in [1.165, 1.54) is 38.3 Å². The van der Waals surface area contributed by atoms with Gasteiger partial charge in [-0.25, -0.2) is 9.36 Å². The monoisotopic (exact) mass is 625 g/mol. The van der Waals surface area contributed by atoms with Gasteiger partial charge in [0.05, 0.1) is 19.1 Å². The number of hydrogen-bond donors (Lipinski definition) is 3. The normalized spacial score (nSPS) is 26.2. The number of carbonyl (C=O) groups is 4. The number of benzene rings is 1. The third-order valence-corrected chi connectivity index (χ3v) is 7.92. The number of esters is 1. The van der Waals surface area contributed by atoms with Gasteiger partial charge in [-0.3, -0.25) is 23.8 Å². The van der Waals surface area contributed by atoms with E-state index < -0.39 is 86.2 Å². The van der Waals surface area contributed by atoms with E-state index in [-0.39, 0.29) is 5.75 Å². The summed E-state index contributed by atoms with van der Waals surface area (Å²) in [5.74, 6) is -1.58. The van der Waals surface area contributed by atoms with E-state index in [2.05, 4.69) is 10.4 Å². The number of ether oxygens (including phenoxy) is 3. The minimum absolute atomic E-state index is 0.165. The van der Waals surface area contributed by atoms with Crippen molar-refractivity contribution in [1.82, 2.24) is 15.3 Å². The van der Waals surface area contributed by atoms with Gasteiger partial charge in [-0.05, 0) is 66.7 Å². The van der Waals surface area contributed by atoms with Gasteiger partial charge in [-0.2, -0.15) is 5.09 Å². The Morgan fingerprint density at radius 3 is 2.42 bits per heavy atom. The number of ketones is 1. The first-order chi connectivity index (χ1) is 19.9. The van der Waals surface area contributed by atoms with Crippen molar-refractivity contribution in [2.45, 2.75) is 96.6 Å². The summed E-state index contributed by atoms with van der Waals surface area (Å²) in [6.45, 7) is 10.6. The van der Waals surface area contributed by atoms with Gasteiger partial charge in [-0.15, -0.1) is 0 Å². The SMILES string of the molecule is CC(C)OC(=O)[C@H](C)NP(=O)(OC[C@H]1O[C@@H](N2C=CC(=O)CC2=O)[C@](C)(NC(=O)OC(C)(C)C)[C@@H]1O)Oc1ccccc1. The summed E-state index contributed by atoms with van der Waals surface area (Å²) < 4.78 is 41.8. The number of amides is 2. The van der Waals surface area contributed by atoms with Crippen LogP contribution in [-0.4, -0.2) is 82.1 Å². The molecule has 2 aliphatic rings. The van der Waals surface area contributed by atoms with Crippen LogP contribution in [0.3, 0.4) is 0 Å². The summed E-state index contributed by atoms with van der Waals surface area (Å²) in [7, 11) is -4.34. The first-order valence-corrected chi connectivity index (χ1v) is 15.3. The molecule has 0 spiro atoms. The highest BCUT2D eigenvalue weighted by molar-refractivity contribution is 7.52. The van der Waals surface area contributed by atoms with E-state index in [1.807, 2.05) is 0 Å². The predicted molar refractivity (Wildman–Crippen MR) is 153 cm³/mol. The second kappa shape index (κ2) is 13.6. The number of nitrogens with zero attached hydrogens (tertiary/aromatic N) is 1. The molecule has 238 valence electrons. The fraction of sp³-hybridized carbons (Fsp3) is 0.571. The van der Waals surface area contributed by atoms with Crippen molar-refractivity contribution in [3.05, 3.63) is 42.6 Å². The zero-order chi connectivity index (χ0) is 32.2. The topological polar surface area (TPSA) is 179 Å². The Morgan fingerprint density at radius 1 is 1.19 bits per heavy atom. The number of para-hydroxylation sites is 1. The summed E-state index contributed by atoms with van der Waals surface area (Å²) in [5.41, 5.74) is -2.56. The first-order valence-electron chi connectivity index (χ1n) is 13.8. The van der Waals surface area contributed by atoms with E-state index in [4.69, 9.17) is 23.3 Å². The van der Waals surface area contributed by atoms with E-state index in [9.17, 15) is 28.8 Å². The minimum atomic E-state index is -4.34. The molecule has 14 nitrogen and oxygen atoms in total. The molecule has 0 radical (unpaired) electrons. The number of nitrogens with one attached hydrogen (secondary N) is 2. The molecule has 1 unspecified atom stereocenters. The van der Waals surface area contributed by atoms with Crippen LogP contribution < -0.4 is 14.9 Å². The number of rotatable bonds is 11. The smallest absolute Gasteiger partial charge is 0.459 e. The second-order valence-electron chi connectivity index (χ2n) is 11.7. The minimum Gasteiger partial charge on any atom is -0.462 e. The Kier molecular flexibility index (Phi) is 10.8. The molecular weight excluding hydrogens is 585 g/mol. The van der Waals surface area contributed by atoms with Crippen LogP contribution >= 0.6 is 7.75 Å². The molecule has 2 heterocycles. The van der Waals surface area contributed by atoms with Crippen LogP contribution in [0, 0.1) is 0 Å². The summed E-state index contributed by atoms with van der Waals surface area (Å²) in [6, 6.07) is 6.96. The largest absolute Gasteiger partial charge is 0.462 e. The molecule has 0 aliphatic carbocycles. The summed E-state index contributed by atoms with van der Waals surface area (Å²) in [5, 5.41) is 16.6. The third-order valence-electron chi connectivity index (χ3n) is 6.28. The van der Waals surface area contributed by atoms with E-state index in [0.29, 0.717) is 0 Å². The molecule has 3 rings (SSSR count). The van der Waals surface area contributed by atoms with E-state index in [1.54, 1.807) is 52.8 Å². The summed E-state index contributed by atoms with van der Waals surface area (Å²) >= 11 is 0. The Labute approximate surface area is 250 Å². The molecule has 1 fully saturated rings. The van der Waals surface area contributed by atoms with Gasteiger partial charge in [0.15, 0.2) is 12.0 Å². The van der Waals surface area contributed by atoms with Gasteiger partial charge in [-0.1, -0.05) is 18.2 Å². The quantitative estimate of drug-likeness (QED) is 0.186. The van der Waals surface area contributed by atoms with Gasteiger partial charge in [0.2, 0.25) is 5.91 Å². The lowest BCUT2D eigenvalue weighted by atomic mass is 9.91. The molecular formula is C28H40N3O11P. The molecule has 0 bridgehead atoms. The highest BCUT2D eigenvalue weighted by atomic mass is 31.2. The average Bonchev–Trinajstić information content (AvgIpc) is 3.11. The Hall–Kier alpha value is -3.29. The number of allylic oxidation sites excluding steroid dienone is 1. The van der Waals surface area contributed by atoms with Gasteiger partial charge < -0.3 is 29.2 Å². The third kappa shape index (κ3) is 9.10. The summed E-state index contributed by atoms with van der Waals surface area (Å²) in [4.78, 5) is 50.9. The molecule has 0 saturated carbocycles. The number of alkyl carbamates (subject to hydrolysis) is 1. The number of aliphatic hydroxyl groups is 1. The number of aliphatic hydroxyl groups excluding tert-OH is 1. The van der Waals surface area contributed by atoms with Gasteiger partial charge in [0.1, 0.15) is 35.1 Å². The van der Waals surface area contributed by atoms with Crippen LogP contribution in [-0.2, 0) is 37.7 Å². The molecule has 1 aromatic carbocycles. The van der Waals surface area contributed by atoms with Crippen LogP contribution in [0.4, 0.5) is 4.79 Å². The Balaban J connectivity index is 1.88. The molecule has 6 atom stereocenters. The zero-order valence-electron chi connectivity index (χ0n) is 25.3. The fourth-order valence-electron chi connectivity index (χ4n) is 4.32. The summed E-state index contributed by atoms with van der Waals surface area (Å²) in [6.07, 6.45) is -3.52. The van der Waals surface area contributed by atoms with Crippen molar-refractivity contribution in [3.8, 4) is 5.75 Å². The average molecular weight is 626 g/mol. The van der Waals surface area contributed by atoms with Crippen LogP contribution in [0.5, 0.6) is 5.75 Å². The molecule has 2 amide bonds. The van der Waals surface area contributed by atoms with Crippen LogP contribution in [0.15, 0.2) is 42.6 Å². The zero-order valence-corrected chi connectivity index (χ0v) is 26.2. The van der Waals surface area contributed by atoms with Gasteiger partial charge in [0, 0.05) is 6.20 Å². The lowest BCUT2D eigenvalue weighted by Gasteiger charge is -2.39. The maximum atomic E-state index is 13.9. The highest BCUT2D eigenvalue weighted by Crippen LogP contribution is 2.46. The Bertz CT molecular complexity index is 1270. The van der Waals surface area contributed by atoms with Crippen molar-refractivity contribution in [2.75, 3.05) is 6.61 Å². The van der Waals surface area contributed by atoms with Crippen molar-refractivity contribution < 1.29 is 52.1 Å². The molecule has 3 N–H and O–H groups in total. The number of carbonyl (C=O) groups excluding carboxylic acids is 4. The van der Waals surface area contributed by atoms with Crippen molar-refractivity contribution in [1.29, 1.82) is 0 Å². The lowest BCUT2D eigenvalue weighted by molar-refractivity contribution is -0.149. The fourth-order valence-corrected chi connectivity index (χ4v) is 5.82. The maximum absolute atomic E-state index is 13.9. The van der Waals surface area contributed by atoms with Gasteiger partial charge in [0.25, 0.3) is 0 Å². The molecule has 15 heteroatoms. The van der Waals surface area contributed by atoms with Crippen molar-refractivity contribution in [3.63, 3.8) is 0 Å². The van der Waals surface area contributed by atoms with Crippen molar-refractivity contribution >= 4 is 31.5 Å². The van der Waals surface area contributed by atoms with Crippen LogP contribution in [0.2, 0.25) is 0 Å². The predicted octanol–water partition coefficient (Wildman–Crippen LogP) is 2.80. The number of hydrogen-bond acceptors (Lipinski definition) is 11. The lowest BCUT2D eigenvalue weighted by Crippen LogP contribution is -2.64. The molecule has 0 aromatic heterocycles. The highest BCUT2D eigenvalue weighted by Gasteiger charge is 2.58. The standard InChI is InChI=1S/C28H40N3O11P/c1-17(2)39-24(35)18(3)30-43(37,42-20-11-9-8-10-12-20)38-16-21-23(34)28(7,29-26(36)41-27(4,5)6)25(40-21)31-14-13-19(32)15-22(31)33/h8-14,17-18,21,23,25,34H,15-16H2,1-7H3,(H,29,36)(H,30,37)/t18-,21+,23+,25+,28+,43?/m0/s1. The Morgan fingerprint density at radius 2 is 1.84 bits per heavy atom. The van der Waals surface area contributed by atoms with Crippen molar-refractivity contribution in [2.24, 2.45) is 0 Å². The van der Waals surface area contributed by atoms with Crippen LogP contribution in [0.1, 0.15) is 54.9 Å². The molecule has 43 heavy (non-hydrogen) atoms. The molecule has 2 aliphatic heterocycles. The maximum Gasteiger partial charge on any atom is 0.459 e. The van der Waals surface area contributed by atoms with Crippen LogP contribution in [0.25, 0.3) is 0 Å². The molecule has 1 saturated heterocycles. The van der Waals surface area contributed by atoms with E-state index >= 15 is 0 Å². The van der Waals surface area contributed by atoms with Gasteiger partial charge >= 0.3 is 19.8 Å². The van der Waals surface area contributed by atoms with E-state index in [0.717, 1.165) is 4.90 Å². The second-order valence-corrected chi connectivity index (χ2v) is 13.4. The molecule has 1 aromatic rings. The first kappa shape index (κ1) is 34.2.